The van der Waals surface area contributed by atoms with Crippen LogP contribution >= 0.6 is 34.4 Å². The van der Waals surface area contributed by atoms with E-state index in [2.05, 4.69) is 32.6 Å². The predicted octanol–water partition coefficient (Wildman–Crippen LogP) is 1.59. The minimum absolute atomic E-state index is 0.103. The van der Waals surface area contributed by atoms with Crippen molar-refractivity contribution in [3.63, 3.8) is 0 Å². The van der Waals surface area contributed by atoms with E-state index >= 15 is 0 Å². The second-order valence-electron chi connectivity index (χ2n) is 2.10. The van der Waals surface area contributed by atoms with E-state index < -0.39 is 0 Å². The van der Waals surface area contributed by atoms with Gasteiger partial charge in [-0.25, -0.2) is 9.98 Å². The first-order valence-corrected chi connectivity index (χ1v) is 4.86. The van der Waals surface area contributed by atoms with Crippen molar-refractivity contribution in [1.29, 1.82) is 0 Å². The van der Waals surface area contributed by atoms with E-state index in [1.165, 1.54) is 18.1 Å². The average molecular weight is 278 g/mol. The van der Waals surface area contributed by atoms with Crippen LogP contribution in [0.2, 0.25) is 0 Å². The lowest BCUT2D eigenvalue weighted by Crippen LogP contribution is -2.18. The monoisotopic (exact) mass is 278 g/mol. The van der Waals surface area contributed by atoms with Gasteiger partial charge in [0.05, 0.1) is 5.04 Å². The van der Waals surface area contributed by atoms with Crippen LogP contribution in [0.3, 0.4) is 0 Å². The number of fused-ring (bicyclic) bond motifs is 1. The van der Waals surface area contributed by atoms with Crippen molar-refractivity contribution in [2.75, 3.05) is 0 Å². The van der Waals surface area contributed by atoms with Gasteiger partial charge in [0.25, 0.3) is 5.91 Å². The molecule has 5 heteroatoms. The zero-order chi connectivity index (χ0) is 7.84. The second-order valence-corrected chi connectivity index (χ2v) is 5.06. The normalized spacial score (nSPS) is 28.1. The van der Waals surface area contributed by atoms with Crippen LogP contribution in [0.1, 0.15) is 0 Å². The molecule has 0 saturated heterocycles. The van der Waals surface area contributed by atoms with Crippen molar-refractivity contribution in [2.24, 2.45) is 15.9 Å². The minimum atomic E-state index is -0.183. The lowest BCUT2D eigenvalue weighted by molar-refractivity contribution is -0.118. The summed E-state index contributed by atoms with van der Waals surface area (Å²) in [6.07, 6.45) is 3.22. The van der Waals surface area contributed by atoms with Gasteiger partial charge >= 0.3 is 0 Å². The van der Waals surface area contributed by atoms with Crippen LogP contribution in [-0.2, 0) is 4.79 Å². The number of amides is 1. The first-order chi connectivity index (χ1) is 5.27. The Morgan fingerprint density at radius 3 is 3.18 bits per heavy atom. The molecule has 0 saturated carbocycles. The van der Waals surface area contributed by atoms with Crippen LogP contribution in [0.4, 0.5) is 0 Å². The van der Waals surface area contributed by atoms with Gasteiger partial charge in [-0.3, -0.25) is 4.79 Å². The SMILES string of the molecule is O=C1N=CN=C2SC(I)=CC12. The highest BCUT2D eigenvalue weighted by Gasteiger charge is 2.30. The topological polar surface area (TPSA) is 41.8 Å². The molecule has 11 heavy (non-hydrogen) atoms. The van der Waals surface area contributed by atoms with Gasteiger partial charge in [-0.2, -0.15) is 0 Å². The maximum atomic E-state index is 11.1. The standard InChI is InChI=1S/C6H3IN2OS/c7-4-1-3-5(10)8-2-9-6(3)11-4/h1-3H. The summed E-state index contributed by atoms with van der Waals surface area (Å²) in [5.41, 5.74) is 0. The number of nitrogens with zero attached hydrogens (tertiary/aromatic N) is 2. The number of carbonyl (C=O) groups excluding carboxylic acids is 1. The first kappa shape index (κ1) is 7.48. The van der Waals surface area contributed by atoms with Crippen molar-refractivity contribution in [3.8, 4) is 0 Å². The fraction of sp³-hybridized carbons (Fsp3) is 0.167. The van der Waals surface area contributed by atoms with Crippen molar-refractivity contribution < 1.29 is 4.79 Å². The van der Waals surface area contributed by atoms with Crippen LogP contribution in [0.5, 0.6) is 0 Å². The van der Waals surface area contributed by atoms with Gasteiger partial charge in [0.1, 0.15) is 12.3 Å². The summed E-state index contributed by atoms with van der Waals surface area (Å²) in [7, 11) is 0. The maximum absolute atomic E-state index is 11.1. The molecule has 0 fully saturated rings. The Kier molecular flexibility index (Phi) is 1.84. The summed E-state index contributed by atoms with van der Waals surface area (Å²) in [5, 5.41) is 0.856. The van der Waals surface area contributed by atoms with E-state index in [-0.39, 0.29) is 11.8 Å². The highest BCUT2D eigenvalue weighted by atomic mass is 127. The molecule has 0 N–H and O–H groups in total. The molecule has 2 heterocycles. The number of hydrogen-bond acceptors (Lipinski definition) is 3. The summed E-state index contributed by atoms with van der Waals surface area (Å²) in [6, 6.07) is 0. The molecular formula is C6H3IN2OS. The highest BCUT2D eigenvalue weighted by Crippen LogP contribution is 2.37. The number of rotatable bonds is 0. The van der Waals surface area contributed by atoms with Crippen LogP contribution in [-0.4, -0.2) is 17.3 Å². The lowest BCUT2D eigenvalue weighted by atomic mass is 10.1. The maximum Gasteiger partial charge on any atom is 0.260 e. The average Bonchev–Trinajstić information content (AvgIpc) is 2.31. The van der Waals surface area contributed by atoms with Gasteiger partial charge in [0.15, 0.2) is 0 Å². The van der Waals surface area contributed by atoms with Crippen LogP contribution in [0.15, 0.2) is 19.0 Å². The number of thioether (sulfide) groups is 1. The number of carbonyl (C=O) groups is 1. The number of aliphatic imine (C=N–C) groups is 2. The molecule has 3 nitrogen and oxygen atoms in total. The molecule has 2 aliphatic rings. The third-order valence-corrected chi connectivity index (χ3v) is 3.32. The fourth-order valence-electron chi connectivity index (χ4n) is 0.906. The largest absolute Gasteiger partial charge is 0.271 e. The first-order valence-electron chi connectivity index (χ1n) is 2.96. The molecule has 1 amide bonds. The molecule has 56 valence electrons. The van der Waals surface area contributed by atoms with Crippen molar-refractivity contribution >= 4 is 51.6 Å². The van der Waals surface area contributed by atoms with Gasteiger partial charge in [-0.1, -0.05) is 11.8 Å². The third-order valence-electron chi connectivity index (χ3n) is 1.40. The van der Waals surface area contributed by atoms with E-state index in [1.54, 1.807) is 0 Å². The van der Waals surface area contributed by atoms with E-state index in [0.717, 1.165) is 7.96 Å². The Morgan fingerprint density at radius 1 is 1.64 bits per heavy atom. The van der Waals surface area contributed by atoms with Gasteiger partial charge in [0, 0.05) is 2.91 Å². The van der Waals surface area contributed by atoms with E-state index in [9.17, 15) is 4.79 Å². The Morgan fingerprint density at radius 2 is 2.45 bits per heavy atom. The summed E-state index contributed by atoms with van der Waals surface area (Å²) >= 11 is 3.72. The van der Waals surface area contributed by atoms with Gasteiger partial charge in [0.2, 0.25) is 0 Å². The minimum Gasteiger partial charge on any atom is -0.271 e. The Bertz CT molecular complexity index is 308. The third kappa shape index (κ3) is 1.26. The molecule has 2 aliphatic heterocycles. The van der Waals surface area contributed by atoms with Crippen LogP contribution in [0.25, 0.3) is 0 Å². The lowest BCUT2D eigenvalue weighted by Gasteiger charge is -2.05. The fourth-order valence-corrected chi connectivity index (χ4v) is 2.74. The zero-order valence-electron chi connectivity index (χ0n) is 5.32. The molecule has 0 aromatic heterocycles. The van der Waals surface area contributed by atoms with E-state index in [0.29, 0.717) is 0 Å². The van der Waals surface area contributed by atoms with Gasteiger partial charge in [-0.05, 0) is 28.7 Å². The molecule has 0 aliphatic carbocycles. The molecule has 0 bridgehead atoms. The molecule has 2 rings (SSSR count). The summed E-state index contributed by atoms with van der Waals surface area (Å²) in [5.74, 6) is -0.286. The predicted molar refractivity (Wildman–Crippen MR) is 54.1 cm³/mol. The van der Waals surface area contributed by atoms with Gasteiger partial charge in [-0.15, -0.1) is 0 Å². The van der Waals surface area contributed by atoms with E-state index in [1.807, 2.05) is 6.08 Å². The number of hydrogen-bond donors (Lipinski definition) is 0. The van der Waals surface area contributed by atoms with Crippen molar-refractivity contribution in [1.82, 2.24) is 0 Å². The Balaban J connectivity index is 2.38. The molecule has 0 radical (unpaired) electrons. The van der Waals surface area contributed by atoms with Crippen LogP contribution in [0, 0.1) is 5.92 Å². The Hall–Kier alpha value is -0.170. The summed E-state index contributed by atoms with van der Waals surface area (Å²) in [6.45, 7) is 0. The van der Waals surface area contributed by atoms with E-state index in [4.69, 9.17) is 0 Å². The highest BCUT2D eigenvalue weighted by molar-refractivity contribution is 14.1. The molecule has 1 unspecified atom stereocenters. The second kappa shape index (κ2) is 2.71. The Labute approximate surface area is 81.2 Å². The van der Waals surface area contributed by atoms with Gasteiger partial charge < -0.3 is 0 Å². The van der Waals surface area contributed by atoms with Crippen LogP contribution < -0.4 is 0 Å². The summed E-state index contributed by atoms with van der Waals surface area (Å²) in [4.78, 5) is 18.7. The molecule has 0 aromatic carbocycles. The smallest absolute Gasteiger partial charge is 0.260 e. The zero-order valence-corrected chi connectivity index (χ0v) is 8.29. The quantitative estimate of drug-likeness (QED) is 0.631. The molecule has 1 atom stereocenters. The van der Waals surface area contributed by atoms with Crippen molar-refractivity contribution in [3.05, 3.63) is 8.99 Å². The summed E-state index contributed by atoms with van der Waals surface area (Å²) < 4.78 is 1.10. The molecule has 0 aromatic rings. The molecule has 0 spiro atoms. The van der Waals surface area contributed by atoms with Crippen molar-refractivity contribution in [2.45, 2.75) is 0 Å². The number of halogens is 1. The molecular weight excluding hydrogens is 275 g/mol.